The maximum atomic E-state index is 9.68. The molecule has 0 radical (unpaired) electrons. The zero-order valence-electron chi connectivity index (χ0n) is 5.55. The second kappa shape index (κ2) is 7.17. The maximum Gasteiger partial charge on any atom is 0.207 e. The number of hydrogen-bond acceptors (Lipinski definition) is 2. The number of nitrogens with one attached hydrogen (secondary N) is 2. The zero-order valence-corrected chi connectivity index (χ0v) is 5.55. The molecular formula is C6H12N2O. The number of carbonyl (C=O) groups is 1. The Bertz CT molecular complexity index is 91.1. The highest BCUT2D eigenvalue weighted by molar-refractivity contribution is 5.46. The van der Waals surface area contributed by atoms with Gasteiger partial charge in [-0.3, -0.25) is 4.79 Å². The first kappa shape index (κ1) is 8.17. The molecule has 0 saturated heterocycles. The minimum atomic E-state index is 0.616. The summed E-state index contributed by atoms with van der Waals surface area (Å²) < 4.78 is 0. The predicted molar refractivity (Wildman–Crippen MR) is 37.1 cm³/mol. The van der Waals surface area contributed by atoms with Crippen LogP contribution in [0.1, 0.15) is 0 Å². The molecule has 0 aliphatic rings. The zero-order chi connectivity index (χ0) is 6.95. The van der Waals surface area contributed by atoms with Gasteiger partial charge in [0.15, 0.2) is 0 Å². The van der Waals surface area contributed by atoms with Gasteiger partial charge in [0.1, 0.15) is 0 Å². The van der Waals surface area contributed by atoms with Crippen molar-refractivity contribution >= 4 is 6.41 Å². The van der Waals surface area contributed by atoms with Crippen LogP contribution in [0, 0.1) is 0 Å². The number of rotatable bonds is 5. The summed E-state index contributed by atoms with van der Waals surface area (Å²) >= 11 is 0. The first-order valence-electron chi connectivity index (χ1n) is 2.88. The van der Waals surface area contributed by atoms with Crippen LogP contribution >= 0.6 is 0 Å². The van der Waals surface area contributed by atoms with E-state index >= 15 is 0 Å². The van der Waals surface area contributed by atoms with Crippen LogP contribution in [0.3, 0.4) is 0 Å². The van der Waals surface area contributed by atoms with Crippen molar-refractivity contribution in [3.05, 3.63) is 12.2 Å². The summed E-state index contributed by atoms with van der Waals surface area (Å²) in [5, 5.41) is 5.45. The molecule has 9 heavy (non-hydrogen) atoms. The number of likely N-dealkylation sites (N-methyl/N-ethyl adjacent to an activating group) is 1. The lowest BCUT2D eigenvalue weighted by molar-refractivity contribution is -0.109. The average Bonchev–Trinajstić information content (AvgIpc) is 1.89. The van der Waals surface area contributed by atoms with Gasteiger partial charge >= 0.3 is 0 Å². The van der Waals surface area contributed by atoms with E-state index in [1.807, 2.05) is 19.2 Å². The highest BCUT2D eigenvalue weighted by atomic mass is 16.1. The van der Waals surface area contributed by atoms with E-state index in [9.17, 15) is 4.79 Å². The molecule has 0 aromatic rings. The van der Waals surface area contributed by atoms with Gasteiger partial charge in [0.05, 0.1) is 0 Å². The Morgan fingerprint density at radius 3 is 2.56 bits per heavy atom. The largest absolute Gasteiger partial charge is 0.355 e. The van der Waals surface area contributed by atoms with Crippen LogP contribution in [0.2, 0.25) is 0 Å². The van der Waals surface area contributed by atoms with E-state index in [2.05, 4.69) is 10.6 Å². The third-order valence-corrected chi connectivity index (χ3v) is 0.808. The minimum Gasteiger partial charge on any atom is -0.355 e. The van der Waals surface area contributed by atoms with Crippen LogP contribution in [0.25, 0.3) is 0 Å². The fourth-order valence-electron chi connectivity index (χ4n) is 0.401. The lowest BCUT2D eigenvalue weighted by Crippen LogP contribution is -2.10. The van der Waals surface area contributed by atoms with Crippen LogP contribution in [-0.4, -0.2) is 26.5 Å². The summed E-state index contributed by atoms with van der Waals surface area (Å²) in [5.41, 5.74) is 0. The van der Waals surface area contributed by atoms with Crippen LogP contribution in [-0.2, 0) is 4.79 Å². The Kier molecular flexibility index (Phi) is 6.51. The highest BCUT2D eigenvalue weighted by Crippen LogP contribution is 1.65. The highest BCUT2D eigenvalue weighted by Gasteiger charge is 1.71. The quantitative estimate of drug-likeness (QED) is 0.298. The standard InChI is InChI=1S/C6H12N2O/c1-7-4-2-3-5-8-6-9/h2-3,6-7H,4-5H2,1H3,(H,8,9)/b3-2-. The Labute approximate surface area is 55.1 Å². The molecule has 52 valence electrons. The molecular weight excluding hydrogens is 116 g/mol. The van der Waals surface area contributed by atoms with Crippen molar-refractivity contribution in [1.29, 1.82) is 0 Å². The van der Waals surface area contributed by atoms with Crippen LogP contribution < -0.4 is 10.6 Å². The molecule has 0 saturated carbocycles. The van der Waals surface area contributed by atoms with Gasteiger partial charge in [-0.2, -0.15) is 0 Å². The van der Waals surface area contributed by atoms with Crippen LogP contribution in [0.5, 0.6) is 0 Å². The topological polar surface area (TPSA) is 41.1 Å². The Morgan fingerprint density at radius 1 is 1.33 bits per heavy atom. The van der Waals surface area contributed by atoms with E-state index in [-0.39, 0.29) is 0 Å². The van der Waals surface area contributed by atoms with E-state index in [0.717, 1.165) is 6.54 Å². The molecule has 0 spiro atoms. The monoisotopic (exact) mass is 128 g/mol. The van der Waals surface area contributed by atoms with Gasteiger partial charge in [0, 0.05) is 13.1 Å². The summed E-state index contributed by atoms with van der Waals surface area (Å²) in [6.45, 7) is 1.46. The molecule has 3 nitrogen and oxygen atoms in total. The summed E-state index contributed by atoms with van der Waals surface area (Å²) in [7, 11) is 1.87. The van der Waals surface area contributed by atoms with Gasteiger partial charge < -0.3 is 10.6 Å². The molecule has 0 rings (SSSR count). The van der Waals surface area contributed by atoms with Gasteiger partial charge in [-0.05, 0) is 7.05 Å². The summed E-state index contributed by atoms with van der Waals surface area (Å²) in [6, 6.07) is 0. The summed E-state index contributed by atoms with van der Waals surface area (Å²) in [5.74, 6) is 0. The van der Waals surface area contributed by atoms with Crippen molar-refractivity contribution in [3.8, 4) is 0 Å². The molecule has 0 heterocycles. The van der Waals surface area contributed by atoms with Crippen molar-refractivity contribution in [2.75, 3.05) is 20.1 Å². The molecule has 1 amide bonds. The summed E-state index contributed by atoms with van der Waals surface area (Å²) in [4.78, 5) is 9.68. The van der Waals surface area contributed by atoms with Gasteiger partial charge in [-0.15, -0.1) is 0 Å². The lowest BCUT2D eigenvalue weighted by atomic mass is 10.5. The van der Waals surface area contributed by atoms with Crippen molar-refractivity contribution < 1.29 is 4.79 Å². The molecule has 0 aliphatic carbocycles. The Hall–Kier alpha value is -0.830. The third-order valence-electron chi connectivity index (χ3n) is 0.808. The van der Waals surface area contributed by atoms with Crippen molar-refractivity contribution in [3.63, 3.8) is 0 Å². The normalized spacial score (nSPS) is 9.89. The maximum absolute atomic E-state index is 9.68. The molecule has 0 unspecified atom stereocenters. The third kappa shape index (κ3) is 7.17. The van der Waals surface area contributed by atoms with E-state index in [1.165, 1.54) is 0 Å². The molecule has 0 fully saturated rings. The van der Waals surface area contributed by atoms with Crippen LogP contribution in [0.15, 0.2) is 12.2 Å². The Morgan fingerprint density at radius 2 is 2.00 bits per heavy atom. The second-order valence-electron chi connectivity index (χ2n) is 1.56. The fourth-order valence-corrected chi connectivity index (χ4v) is 0.401. The van der Waals surface area contributed by atoms with Gasteiger partial charge in [0.25, 0.3) is 0 Å². The predicted octanol–water partition coefficient (Wildman–Crippen LogP) is -0.492. The number of carbonyl (C=O) groups excluding carboxylic acids is 1. The Balaban J connectivity index is 2.94. The van der Waals surface area contributed by atoms with E-state index in [1.54, 1.807) is 0 Å². The first-order valence-corrected chi connectivity index (χ1v) is 2.88. The molecule has 3 heteroatoms. The second-order valence-corrected chi connectivity index (χ2v) is 1.56. The SMILES string of the molecule is CNC/C=C\CNC=O. The molecule has 0 bridgehead atoms. The average molecular weight is 128 g/mol. The van der Waals surface area contributed by atoms with Gasteiger partial charge in [-0.1, -0.05) is 12.2 Å². The van der Waals surface area contributed by atoms with Crippen molar-refractivity contribution in [2.45, 2.75) is 0 Å². The smallest absolute Gasteiger partial charge is 0.207 e. The van der Waals surface area contributed by atoms with Crippen molar-refractivity contribution in [2.24, 2.45) is 0 Å². The molecule has 2 N–H and O–H groups in total. The molecule has 0 atom stereocenters. The van der Waals surface area contributed by atoms with E-state index in [4.69, 9.17) is 0 Å². The van der Waals surface area contributed by atoms with E-state index < -0.39 is 0 Å². The molecule has 0 aliphatic heterocycles. The van der Waals surface area contributed by atoms with Gasteiger partial charge in [-0.25, -0.2) is 0 Å². The molecule has 0 aromatic heterocycles. The number of amides is 1. The van der Waals surface area contributed by atoms with Gasteiger partial charge in [0.2, 0.25) is 6.41 Å². The van der Waals surface area contributed by atoms with E-state index in [0.29, 0.717) is 13.0 Å². The summed E-state index contributed by atoms with van der Waals surface area (Å²) in [6.07, 6.45) is 4.53. The first-order chi connectivity index (χ1) is 4.41. The minimum absolute atomic E-state index is 0.616. The van der Waals surface area contributed by atoms with Crippen molar-refractivity contribution in [1.82, 2.24) is 10.6 Å². The number of hydrogen-bond donors (Lipinski definition) is 2. The fraction of sp³-hybridized carbons (Fsp3) is 0.500. The molecule has 0 aromatic carbocycles. The van der Waals surface area contributed by atoms with Crippen LogP contribution in [0.4, 0.5) is 0 Å². The lowest BCUT2D eigenvalue weighted by Gasteiger charge is -1.88.